The van der Waals surface area contributed by atoms with Crippen LogP contribution >= 0.6 is 23.4 Å². The molecule has 9 heteroatoms. The molecule has 0 radical (unpaired) electrons. The average molecular weight is 493 g/mol. The molecular weight excluding hydrogens is 464 g/mol. The number of likely N-dealkylation sites (tertiary alicyclic amines) is 1. The molecule has 1 aromatic carbocycles. The predicted molar refractivity (Wildman–Crippen MR) is 128 cm³/mol. The standard InChI is InChI=1S/C24H29ClN2O5S/c1-4-12-26(16-9-7-6-8-15(16)25)21(30)19-24-11-10-23(3,33-24)18(22(31)32-5-2)17(24)20(29)27(19)13-14-28/h4,6-9,17-19,28H,1,5,10-14H2,2-3H3/t17-,18+,19?,23-,24?/m0/s1. The van der Waals surface area contributed by atoms with Crippen LogP contribution in [-0.2, 0) is 19.1 Å². The van der Waals surface area contributed by atoms with Gasteiger partial charge in [0, 0.05) is 17.8 Å². The fourth-order valence-corrected chi connectivity index (χ4v) is 8.47. The average Bonchev–Trinajstić information content (AvgIpc) is 3.34. The first-order valence-electron chi connectivity index (χ1n) is 11.2. The van der Waals surface area contributed by atoms with E-state index in [1.807, 2.05) is 6.92 Å². The number of nitrogens with zero attached hydrogens (tertiary/aromatic N) is 2. The number of esters is 1. The Bertz CT molecular complexity index is 989. The number of rotatable bonds is 8. The topological polar surface area (TPSA) is 87.2 Å². The van der Waals surface area contributed by atoms with E-state index in [4.69, 9.17) is 16.3 Å². The molecule has 0 aliphatic carbocycles. The summed E-state index contributed by atoms with van der Waals surface area (Å²) in [5, 5.41) is 10.1. The van der Waals surface area contributed by atoms with Crippen molar-refractivity contribution in [2.24, 2.45) is 11.8 Å². The lowest BCUT2D eigenvalue weighted by Crippen LogP contribution is -2.55. The summed E-state index contributed by atoms with van der Waals surface area (Å²) < 4.78 is 4.11. The molecular formula is C24H29ClN2O5S. The van der Waals surface area contributed by atoms with Crippen LogP contribution in [0.3, 0.4) is 0 Å². The molecule has 3 saturated heterocycles. The molecule has 0 aromatic heterocycles. The third-order valence-electron chi connectivity index (χ3n) is 7.11. The van der Waals surface area contributed by atoms with Crippen molar-refractivity contribution in [2.75, 3.05) is 31.2 Å². The molecule has 3 aliphatic rings. The number of halogens is 1. The maximum Gasteiger partial charge on any atom is 0.311 e. The van der Waals surface area contributed by atoms with Gasteiger partial charge in [0.1, 0.15) is 6.04 Å². The SMILES string of the molecule is C=CCN(C(=O)C1N(CCO)C(=O)[C@@H]2[C@H](C(=O)OCC)[C@]3(C)CCC12S3)c1ccccc1Cl. The van der Waals surface area contributed by atoms with Gasteiger partial charge in [0.15, 0.2) is 0 Å². The van der Waals surface area contributed by atoms with Gasteiger partial charge < -0.3 is 19.6 Å². The number of amides is 2. The highest BCUT2D eigenvalue weighted by Gasteiger charge is 2.77. The van der Waals surface area contributed by atoms with Gasteiger partial charge >= 0.3 is 5.97 Å². The number of hydrogen-bond acceptors (Lipinski definition) is 6. The molecule has 4 rings (SSSR count). The van der Waals surface area contributed by atoms with Crippen LogP contribution in [0.2, 0.25) is 5.02 Å². The smallest absolute Gasteiger partial charge is 0.311 e. The van der Waals surface area contributed by atoms with E-state index in [0.29, 0.717) is 23.6 Å². The summed E-state index contributed by atoms with van der Waals surface area (Å²) in [6, 6.07) is 6.22. The molecule has 0 saturated carbocycles. The highest BCUT2D eigenvalue weighted by atomic mass is 35.5. The van der Waals surface area contributed by atoms with Crippen LogP contribution in [0, 0.1) is 11.8 Å². The zero-order valence-corrected chi connectivity index (χ0v) is 20.4. The first-order chi connectivity index (χ1) is 15.8. The Balaban J connectivity index is 1.81. The van der Waals surface area contributed by atoms with Crippen LogP contribution in [0.4, 0.5) is 5.69 Å². The summed E-state index contributed by atoms with van der Waals surface area (Å²) in [7, 11) is 0. The summed E-state index contributed by atoms with van der Waals surface area (Å²) in [5.74, 6) is -2.24. The highest BCUT2D eigenvalue weighted by Crippen LogP contribution is 2.71. The molecule has 3 aliphatic heterocycles. The van der Waals surface area contributed by atoms with Gasteiger partial charge in [-0.25, -0.2) is 0 Å². The monoisotopic (exact) mass is 492 g/mol. The van der Waals surface area contributed by atoms with Crippen molar-refractivity contribution in [1.29, 1.82) is 0 Å². The Morgan fingerprint density at radius 1 is 1.39 bits per heavy atom. The quantitative estimate of drug-likeness (QED) is 0.443. The van der Waals surface area contributed by atoms with Crippen LogP contribution in [0.25, 0.3) is 0 Å². The van der Waals surface area contributed by atoms with Gasteiger partial charge in [-0.15, -0.1) is 18.3 Å². The number of carbonyl (C=O) groups excluding carboxylic acids is 3. The molecule has 1 aromatic rings. The number of carbonyl (C=O) groups is 3. The minimum absolute atomic E-state index is 0.0186. The number of fused-ring (bicyclic) bond motifs is 1. The van der Waals surface area contributed by atoms with Gasteiger partial charge in [0.25, 0.3) is 5.91 Å². The lowest BCUT2D eigenvalue weighted by molar-refractivity contribution is -0.155. The summed E-state index contributed by atoms with van der Waals surface area (Å²) in [4.78, 5) is 43.9. The molecule has 33 heavy (non-hydrogen) atoms. The molecule has 178 valence electrons. The maximum atomic E-state index is 14.2. The van der Waals surface area contributed by atoms with Crippen molar-refractivity contribution in [3.05, 3.63) is 41.9 Å². The fourth-order valence-electron chi connectivity index (χ4n) is 5.90. The van der Waals surface area contributed by atoms with Gasteiger partial charge in [-0.3, -0.25) is 14.4 Å². The first kappa shape index (κ1) is 24.1. The minimum atomic E-state index is -0.829. The van der Waals surface area contributed by atoms with Crippen molar-refractivity contribution in [3.63, 3.8) is 0 Å². The number of thioether (sulfide) groups is 1. The number of anilines is 1. The Morgan fingerprint density at radius 3 is 2.76 bits per heavy atom. The second-order valence-corrected chi connectivity index (χ2v) is 11.2. The van der Waals surface area contributed by atoms with E-state index >= 15 is 0 Å². The van der Waals surface area contributed by atoms with Crippen LogP contribution in [0.5, 0.6) is 0 Å². The number of ether oxygens (including phenoxy) is 1. The molecule has 2 bridgehead atoms. The van der Waals surface area contributed by atoms with Crippen molar-refractivity contribution in [3.8, 4) is 0 Å². The molecule has 7 nitrogen and oxygen atoms in total. The number of para-hydroxylation sites is 1. The van der Waals surface area contributed by atoms with Crippen molar-refractivity contribution in [1.82, 2.24) is 4.90 Å². The lowest BCUT2D eigenvalue weighted by atomic mass is 9.66. The molecule has 5 atom stereocenters. The van der Waals surface area contributed by atoms with Gasteiger partial charge in [-0.2, -0.15) is 0 Å². The van der Waals surface area contributed by atoms with Gasteiger partial charge in [0.05, 0.1) is 40.5 Å². The molecule has 3 fully saturated rings. The number of benzene rings is 1. The predicted octanol–water partition coefficient (Wildman–Crippen LogP) is 2.90. The summed E-state index contributed by atoms with van der Waals surface area (Å²) in [5.41, 5.74) is 0.533. The largest absolute Gasteiger partial charge is 0.466 e. The molecule has 3 heterocycles. The van der Waals surface area contributed by atoms with Crippen LogP contribution in [0.1, 0.15) is 26.7 Å². The third-order valence-corrected chi connectivity index (χ3v) is 9.42. The van der Waals surface area contributed by atoms with E-state index in [-0.39, 0.29) is 38.1 Å². The molecule has 1 spiro atoms. The molecule has 2 amide bonds. The first-order valence-corrected chi connectivity index (χ1v) is 12.4. The second kappa shape index (κ2) is 8.96. The van der Waals surface area contributed by atoms with E-state index in [9.17, 15) is 19.5 Å². The Kier molecular flexibility index (Phi) is 6.55. The van der Waals surface area contributed by atoms with Crippen molar-refractivity contribution in [2.45, 2.75) is 42.2 Å². The Morgan fingerprint density at radius 2 is 2.12 bits per heavy atom. The normalized spacial score (nSPS) is 32.1. The maximum absolute atomic E-state index is 14.2. The number of hydrogen-bond donors (Lipinski definition) is 1. The van der Waals surface area contributed by atoms with E-state index < -0.39 is 33.3 Å². The number of aliphatic hydroxyl groups excluding tert-OH is 1. The van der Waals surface area contributed by atoms with Gasteiger partial charge in [0.2, 0.25) is 5.91 Å². The highest BCUT2D eigenvalue weighted by molar-refractivity contribution is 8.02. The van der Waals surface area contributed by atoms with Crippen LogP contribution < -0.4 is 4.90 Å². The lowest BCUT2D eigenvalue weighted by Gasteiger charge is -2.37. The zero-order valence-electron chi connectivity index (χ0n) is 18.8. The number of aliphatic hydroxyl groups is 1. The van der Waals surface area contributed by atoms with Gasteiger partial charge in [-0.05, 0) is 38.8 Å². The Hall–Kier alpha value is -2.03. The minimum Gasteiger partial charge on any atom is -0.466 e. The van der Waals surface area contributed by atoms with E-state index in [1.165, 1.54) is 4.90 Å². The number of β-amino-alcohol motifs (C(OH)–C–C–N with tert-alkyl or cyclic N) is 1. The van der Waals surface area contributed by atoms with Crippen molar-refractivity contribution < 1.29 is 24.2 Å². The Labute approximate surface area is 203 Å². The van der Waals surface area contributed by atoms with E-state index in [0.717, 1.165) is 0 Å². The summed E-state index contributed by atoms with van der Waals surface area (Å²) in [6.07, 6.45) is 2.95. The van der Waals surface area contributed by atoms with Crippen LogP contribution in [0.15, 0.2) is 36.9 Å². The van der Waals surface area contributed by atoms with Crippen LogP contribution in [-0.4, -0.2) is 69.6 Å². The molecule has 1 N–H and O–H groups in total. The van der Waals surface area contributed by atoms with E-state index in [1.54, 1.807) is 53.9 Å². The molecule has 2 unspecified atom stereocenters. The summed E-state index contributed by atoms with van der Waals surface area (Å²) >= 11 is 7.99. The second-order valence-electron chi connectivity index (χ2n) is 8.92. The third kappa shape index (κ3) is 3.58. The summed E-state index contributed by atoms with van der Waals surface area (Å²) in [6.45, 7) is 7.71. The van der Waals surface area contributed by atoms with E-state index in [2.05, 4.69) is 6.58 Å². The zero-order chi connectivity index (χ0) is 24.0. The van der Waals surface area contributed by atoms with Gasteiger partial charge in [-0.1, -0.05) is 29.8 Å². The fraction of sp³-hybridized carbons (Fsp3) is 0.542. The van der Waals surface area contributed by atoms with Crippen molar-refractivity contribution >= 4 is 46.8 Å².